The molecule has 4 aliphatic carbocycles. The summed E-state index contributed by atoms with van der Waals surface area (Å²) in [6.07, 6.45) is -8.99. The molecule has 0 aromatic carbocycles. The van der Waals surface area contributed by atoms with Crippen LogP contribution in [0.1, 0.15) is 114 Å². The van der Waals surface area contributed by atoms with Gasteiger partial charge in [-0.1, -0.05) is 46.3 Å². The Balaban J connectivity index is 1.38. The Morgan fingerprint density at radius 3 is 2.13 bits per heavy atom. The van der Waals surface area contributed by atoms with E-state index < -0.39 is 114 Å². The van der Waals surface area contributed by atoms with Crippen LogP contribution in [0.5, 0.6) is 0 Å². The Morgan fingerprint density at radius 1 is 0.818 bits per heavy atom. The van der Waals surface area contributed by atoms with Gasteiger partial charge in [-0.3, -0.25) is 0 Å². The van der Waals surface area contributed by atoms with Gasteiger partial charge < -0.3 is 64.9 Å². The van der Waals surface area contributed by atoms with E-state index in [2.05, 4.69) is 40.7 Å². The molecule has 0 amide bonds. The van der Waals surface area contributed by atoms with Gasteiger partial charge in [0.05, 0.1) is 36.6 Å². The molecule has 13 heteroatoms. The fourth-order valence-electron chi connectivity index (χ4n) is 13.3. The Kier molecular flexibility index (Phi) is 12.2. The number of rotatable bonds is 9. The van der Waals surface area contributed by atoms with Gasteiger partial charge in [-0.15, -0.1) is 0 Å². The molecule has 9 N–H and O–H groups in total. The number of aliphatic hydroxyl groups is 9. The number of ether oxygens (including phenoxy) is 4. The molecule has 2 aliphatic heterocycles. The number of allylic oxidation sites excluding steroid dienone is 2. The van der Waals surface area contributed by atoms with Crippen LogP contribution >= 0.6 is 0 Å². The van der Waals surface area contributed by atoms with E-state index in [1.807, 2.05) is 20.8 Å². The Labute approximate surface area is 327 Å². The third-order valence-electron chi connectivity index (χ3n) is 16.5. The highest BCUT2D eigenvalue weighted by atomic mass is 16.8. The quantitative estimate of drug-likeness (QED) is 0.121. The van der Waals surface area contributed by atoms with Gasteiger partial charge in [0.15, 0.2) is 12.6 Å². The molecule has 2 heterocycles. The first-order valence-corrected chi connectivity index (χ1v) is 20.8. The van der Waals surface area contributed by atoms with E-state index in [9.17, 15) is 46.0 Å². The monoisotopic (exact) mass is 784 g/mol. The maximum Gasteiger partial charge on any atom is 0.187 e. The van der Waals surface area contributed by atoms with Crippen LogP contribution in [0.3, 0.4) is 0 Å². The lowest BCUT2D eigenvalue weighted by Crippen LogP contribution is -2.71. The first kappa shape index (κ1) is 43.8. The van der Waals surface area contributed by atoms with Crippen molar-refractivity contribution >= 4 is 0 Å². The second kappa shape index (κ2) is 15.4. The zero-order valence-electron chi connectivity index (χ0n) is 34.4. The summed E-state index contributed by atoms with van der Waals surface area (Å²) in [6, 6.07) is 0. The van der Waals surface area contributed by atoms with E-state index >= 15 is 0 Å². The molecule has 6 aliphatic rings. The highest BCUT2D eigenvalue weighted by Crippen LogP contribution is 2.76. The van der Waals surface area contributed by atoms with Gasteiger partial charge in [0.2, 0.25) is 0 Å². The first-order valence-electron chi connectivity index (χ1n) is 20.8. The Morgan fingerprint density at radius 2 is 1.49 bits per heavy atom. The second-order valence-electron chi connectivity index (χ2n) is 20.3. The number of hydrogen-bond acceptors (Lipinski definition) is 13. The predicted molar refractivity (Wildman–Crippen MR) is 201 cm³/mol. The summed E-state index contributed by atoms with van der Waals surface area (Å²) in [6.45, 7) is 17.8. The van der Waals surface area contributed by atoms with Gasteiger partial charge in [-0.05, 0) is 124 Å². The maximum atomic E-state index is 12.3. The van der Waals surface area contributed by atoms with E-state index in [-0.39, 0.29) is 23.7 Å². The maximum absolute atomic E-state index is 12.3. The SMILES string of the molecule is CC(C)=CCC[C@@](C)(O)[C@H]1CC[C@]2(C)[C@@H]1[C@H](O)C[C@@H]1[C@@]3(C)CC[C@H](O)C(C)(C)[C@@H]3[C@@H](O[C@@H]3O[C@H](CO)[C@@H](O)[C@H](O)[C@H]3O[C@H]3O[C@@H](C)[C@H](O)[C@@H](O)[C@H]3O)C[C@]12C. The van der Waals surface area contributed by atoms with E-state index in [1.54, 1.807) is 0 Å². The number of fused-ring (bicyclic) bond motifs is 5. The summed E-state index contributed by atoms with van der Waals surface area (Å²) in [4.78, 5) is 0. The average molecular weight is 785 g/mol. The summed E-state index contributed by atoms with van der Waals surface area (Å²) < 4.78 is 25.1. The number of aliphatic hydroxyl groups excluding tert-OH is 8. The van der Waals surface area contributed by atoms with Crippen LogP contribution in [0.2, 0.25) is 0 Å². The smallest absolute Gasteiger partial charge is 0.187 e. The van der Waals surface area contributed by atoms with Gasteiger partial charge in [0, 0.05) is 0 Å². The van der Waals surface area contributed by atoms with Crippen molar-refractivity contribution in [3.8, 4) is 0 Å². The standard InChI is InChI=1S/C42H72O13/c1-20(2)11-10-14-42(9,51)22-12-16-40(7)28(22)23(44)17-26-39(6)15-13-27(45)38(4,5)35(39)24(18-41(26,40)8)53-37-34(32(49)30(47)25(19-43)54-37)55-36-33(50)31(48)29(46)21(3)52-36/h11,21-37,43-51H,10,12-19H2,1-9H3/t21-,22-,23+,24-,25+,26+,27-,28-,29-,30+,31+,32-,33+,34+,35-,36+,37+,39+,40+,41+,42+/m0/s1. The molecular weight excluding hydrogens is 712 g/mol. The van der Waals surface area contributed by atoms with Crippen molar-refractivity contribution in [3.05, 3.63) is 11.6 Å². The first-order chi connectivity index (χ1) is 25.5. The summed E-state index contributed by atoms with van der Waals surface area (Å²) >= 11 is 0. The highest BCUT2D eigenvalue weighted by molar-refractivity contribution is 5.22. The van der Waals surface area contributed by atoms with Gasteiger partial charge in [-0.25, -0.2) is 0 Å². The van der Waals surface area contributed by atoms with Crippen molar-refractivity contribution in [1.82, 2.24) is 0 Å². The highest BCUT2D eigenvalue weighted by Gasteiger charge is 2.73. The summed E-state index contributed by atoms with van der Waals surface area (Å²) in [5, 5.41) is 100. The van der Waals surface area contributed by atoms with Crippen LogP contribution in [0, 0.1) is 45.3 Å². The van der Waals surface area contributed by atoms with Gasteiger partial charge in [-0.2, -0.15) is 0 Å². The molecule has 4 saturated carbocycles. The molecule has 0 spiro atoms. The molecule has 6 fully saturated rings. The Hall–Kier alpha value is -0.780. The Bertz CT molecular complexity index is 1390. The summed E-state index contributed by atoms with van der Waals surface area (Å²) in [5.74, 6) is -0.526. The molecule has 21 atom stereocenters. The third-order valence-corrected chi connectivity index (χ3v) is 16.5. The van der Waals surface area contributed by atoms with Crippen molar-refractivity contribution in [3.63, 3.8) is 0 Å². The lowest BCUT2D eigenvalue weighted by atomic mass is 9.34. The van der Waals surface area contributed by atoms with Crippen molar-refractivity contribution in [2.75, 3.05) is 6.61 Å². The molecule has 0 aromatic rings. The molecule has 0 aromatic heterocycles. The molecule has 318 valence electrons. The average Bonchev–Trinajstić information content (AvgIpc) is 3.49. The van der Waals surface area contributed by atoms with Crippen LogP contribution < -0.4 is 0 Å². The van der Waals surface area contributed by atoms with Gasteiger partial charge >= 0.3 is 0 Å². The second-order valence-corrected chi connectivity index (χ2v) is 20.3. The zero-order chi connectivity index (χ0) is 40.8. The molecule has 0 unspecified atom stereocenters. The van der Waals surface area contributed by atoms with Crippen LogP contribution in [0.15, 0.2) is 11.6 Å². The minimum absolute atomic E-state index is 0.0411. The molecule has 2 saturated heterocycles. The minimum atomic E-state index is -1.70. The molecule has 0 bridgehead atoms. The van der Waals surface area contributed by atoms with E-state index in [1.165, 1.54) is 12.5 Å². The summed E-state index contributed by atoms with van der Waals surface area (Å²) in [5.41, 5.74) is -1.71. The van der Waals surface area contributed by atoms with E-state index in [0.29, 0.717) is 32.1 Å². The fourth-order valence-corrected chi connectivity index (χ4v) is 13.3. The zero-order valence-corrected chi connectivity index (χ0v) is 34.4. The molecule has 55 heavy (non-hydrogen) atoms. The molecular formula is C42H72O13. The molecule has 13 nitrogen and oxygen atoms in total. The van der Waals surface area contributed by atoms with E-state index in [0.717, 1.165) is 19.3 Å². The van der Waals surface area contributed by atoms with Crippen LogP contribution in [0.25, 0.3) is 0 Å². The summed E-state index contributed by atoms with van der Waals surface area (Å²) in [7, 11) is 0. The fraction of sp³-hybridized carbons (Fsp3) is 0.952. The normalized spacial score (nSPS) is 53.4. The topological polar surface area (TPSA) is 219 Å². The largest absolute Gasteiger partial charge is 0.394 e. The van der Waals surface area contributed by atoms with Crippen molar-refractivity contribution in [1.29, 1.82) is 0 Å². The van der Waals surface area contributed by atoms with Crippen LogP contribution in [-0.4, -0.2) is 138 Å². The number of hydrogen-bond donors (Lipinski definition) is 9. The van der Waals surface area contributed by atoms with Gasteiger partial charge in [0.25, 0.3) is 0 Å². The lowest BCUT2D eigenvalue weighted by molar-refractivity contribution is -0.382. The van der Waals surface area contributed by atoms with Crippen molar-refractivity contribution in [2.45, 2.75) is 199 Å². The van der Waals surface area contributed by atoms with Crippen LogP contribution in [0.4, 0.5) is 0 Å². The van der Waals surface area contributed by atoms with Gasteiger partial charge in [0.1, 0.15) is 42.7 Å². The lowest BCUT2D eigenvalue weighted by Gasteiger charge is -2.72. The van der Waals surface area contributed by atoms with Crippen molar-refractivity contribution in [2.24, 2.45) is 45.3 Å². The van der Waals surface area contributed by atoms with Crippen molar-refractivity contribution < 1.29 is 64.9 Å². The van der Waals surface area contributed by atoms with Crippen LogP contribution in [-0.2, 0) is 18.9 Å². The molecule has 0 radical (unpaired) electrons. The minimum Gasteiger partial charge on any atom is -0.394 e. The van der Waals surface area contributed by atoms with E-state index in [4.69, 9.17) is 18.9 Å². The molecule has 6 rings (SSSR count). The third kappa shape index (κ3) is 7.10. The predicted octanol–water partition coefficient (Wildman–Crippen LogP) is 2.15.